The van der Waals surface area contributed by atoms with Crippen LogP contribution in [0, 0.1) is 24.4 Å². The lowest BCUT2D eigenvalue weighted by Crippen LogP contribution is -2.23. The molecule has 2 amide bonds. The van der Waals surface area contributed by atoms with Crippen molar-refractivity contribution in [3.05, 3.63) is 88.2 Å². The lowest BCUT2D eigenvalue weighted by molar-refractivity contribution is -0.140. The third-order valence-electron chi connectivity index (χ3n) is 4.66. The van der Waals surface area contributed by atoms with Gasteiger partial charge in [-0.2, -0.15) is 13.2 Å². The summed E-state index contributed by atoms with van der Waals surface area (Å²) in [4.78, 5) is 29.2. The Morgan fingerprint density at radius 2 is 1.57 bits per heavy atom. The van der Waals surface area contributed by atoms with Crippen LogP contribution in [0.2, 0.25) is 0 Å². The molecular formula is C23H16F6N2O4. The minimum absolute atomic E-state index is 0.0417. The Hall–Kier alpha value is -4.06. The molecule has 0 spiro atoms. The average Bonchev–Trinajstić information content (AvgIpc) is 2.76. The first-order chi connectivity index (χ1) is 16.4. The van der Waals surface area contributed by atoms with Crippen LogP contribution >= 0.6 is 0 Å². The summed E-state index contributed by atoms with van der Waals surface area (Å²) in [6, 6.07) is 7.06. The number of rotatable bonds is 6. The van der Waals surface area contributed by atoms with E-state index < -0.39 is 57.9 Å². The number of benzene rings is 3. The molecule has 0 heterocycles. The monoisotopic (exact) mass is 498 g/mol. The first kappa shape index (κ1) is 25.6. The molecule has 3 aromatic carbocycles. The van der Waals surface area contributed by atoms with Gasteiger partial charge in [0.1, 0.15) is 28.7 Å². The largest absolute Gasteiger partial charge is 0.456 e. The molecule has 0 saturated heterocycles. The zero-order chi connectivity index (χ0) is 25.9. The highest BCUT2D eigenvalue weighted by Gasteiger charge is 2.37. The fraction of sp³-hybridized carbons (Fsp3) is 0.130. The molecule has 35 heavy (non-hydrogen) atoms. The van der Waals surface area contributed by atoms with Crippen LogP contribution in [0.5, 0.6) is 11.5 Å². The van der Waals surface area contributed by atoms with E-state index in [1.165, 1.54) is 6.92 Å². The molecular weight excluding hydrogens is 482 g/mol. The number of hydrogen-bond acceptors (Lipinski definition) is 4. The predicted octanol–water partition coefficient (Wildman–Crippen LogP) is 5.77. The topological polar surface area (TPSA) is 76.7 Å². The molecule has 12 heteroatoms. The summed E-state index contributed by atoms with van der Waals surface area (Å²) < 4.78 is 87.6. The third-order valence-corrected chi connectivity index (χ3v) is 4.66. The van der Waals surface area contributed by atoms with Gasteiger partial charge >= 0.3 is 6.18 Å². The van der Waals surface area contributed by atoms with E-state index >= 15 is 0 Å². The quantitative estimate of drug-likeness (QED) is 0.334. The van der Waals surface area contributed by atoms with Gasteiger partial charge in [0.2, 0.25) is 0 Å². The molecule has 3 aromatic rings. The van der Waals surface area contributed by atoms with Crippen molar-refractivity contribution in [1.82, 2.24) is 5.48 Å². The molecule has 0 radical (unpaired) electrons. The number of carbonyl (C=O) groups excluding carboxylic acids is 2. The fourth-order valence-corrected chi connectivity index (χ4v) is 3.04. The molecule has 3 rings (SSSR count). The van der Waals surface area contributed by atoms with E-state index in [1.54, 1.807) is 0 Å². The first-order valence-corrected chi connectivity index (χ1v) is 9.70. The molecule has 0 aliphatic rings. The smallest absolute Gasteiger partial charge is 0.419 e. The zero-order valence-corrected chi connectivity index (χ0v) is 18.0. The van der Waals surface area contributed by atoms with E-state index in [0.717, 1.165) is 49.6 Å². The Labute approximate surface area is 194 Å². The Bertz CT molecular complexity index is 1290. The molecule has 0 bridgehead atoms. The average molecular weight is 498 g/mol. The summed E-state index contributed by atoms with van der Waals surface area (Å²) in [5, 5.41) is 2.12. The van der Waals surface area contributed by atoms with Crippen LogP contribution in [0.4, 0.5) is 32.0 Å². The predicted molar refractivity (Wildman–Crippen MR) is 111 cm³/mol. The van der Waals surface area contributed by atoms with E-state index in [9.17, 15) is 35.9 Å². The second-order valence-electron chi connectivity index (χ2n) is 7.09. The van der Waals surface area contributed by atoms with Crippen molar-refractivity contribution in [1.29, 1.82) is 0 Å². The number of hydrogen-bond donors (Lipinski definition) is 2. The molecule has 0 atom stereocenters. The lowest BCUT2D eigenvalue weighted by Gasteiger charge is -2.17. The number of nitrogens with one attached hydrogen (secondary N) is 2. The second-order valence-corrected chi connectivity index (χ2v) is 7.09. The summed E-state index contributed by atoms with van der Waals surface area (Å²) in [5.74, 6) is -6.56. The highest BCUT2D eigenvalue weighted by atomic mass is 19.4. The number of alkyl halides is 3. The standard InChI is InChI=1S/C23H16F6N2O4/c1-11-9-12(24)3-7-17(11)35-18-8-5-15(23(27,28)29)20(26)19(18)22(33)30-13-4-6-16(25)14(10-13)21(32)31-34-2/h3-10H,1-2H3,(H,30,33)(H,31,32). The highest BCUT2D eigenvalue weighted by molar-refractivity contribution is 6.07. The lowest BCUT2D eigenvalue weighted by atomic mass is 10.1. The van der Waals surface area contributed by atoms with Gasteiger partial charge in [-0.15, -0.1) is 0 Å². The molecule has 2 N–H and O–H groups in total. The van der Waals surface area contributed by atoms with Crippen molar-refractivity contribution >= 4 is 17.5 Å². The minimum Gasteiger partial charge on any atom is -0.456 e. The Morgan fingerprint density at radius 1 is 0.886 bits per heavy atom. The van der Waals surface area contributed by atoms with Crippen LogP contribution in [0.25, 0.3) is 0 Å². The van der Waals surface area contributed by atoms with Crippen molar-refractivity contribution < 1.29 is 45.5 Å². The zero-order valence-electron chi connectivity index (χ0n) is 18.0. The molecule has 0 aliphatic carbocycles. The first-order valence-electron chi connectivity index (χ1n) is 9.70. The fourth-order valence-electron chi connectivity index (χ4n) is 3.04. The van der Waals surface area contributed by atoms with E-state index in [4.69, 9.17) is 4.74 Å². The summed E-state index contributed by atoms with van der Waals surface area (Å²) >= 11 is 0. The van der Waals surface area contributed by atoms with Gasteiger partial charge in [-0.25, -0.2) is 18.7 Å². The number of halogens is 6. The van der Waals surface area contributed by atoms with Gasteiger partial charge in [0.15, 0.2) is 5.82 Å². The van der Waals surface area contributed by atoms with Gasteiger partial charge in [-0.05, 0) is 61.0 Å². The van der Waals surface area contributed by atoms with Crippen molar-refractivity contribution in [2.75, 3.05) is 12.4 Å². The van der Waals surface area contributed by atoms with Gasteiger partial charge in [0.05, 0.1) is 18.2 Å². The molecule has 0 aromatic heterocycles. The molecule has 6 nitrogen and oxygen atoms in total. The van der Waals surface area contributed by atoms with Crippen LogP contribution < -0.4 is 15.5 Å². The van der Waals surface area contributed by atoms with Gasteiger partial charge in [-0.1, -0.05) is 0 Å². The number of ether oxygens (including phenoxy) is 1. The summed E-state index contributed by atoms with van der Waals surface area (Å²) in [7, 11) is 1.10. The number of amides is 2. The van der Waals surface area contributed by atoms with Crippen LogP contribution in [0.15, 0.2) is 48.5 Å². The summed E-state index contributed by atoms with van der Waals surface area (Å²) in [6.45, 7) is 1.43. The number of hydroxylamine groups is 1. The van der Waals surface area contributed by atoms with Crippen molar-refractivity contribution in [2.24, 2.45) is 0 Å². The number of aryl methyl sites for hydroxylation is 1. The Morgan fingerprint density at radius 3 is 2.20 bits per heavy atom. The van der Waals surface area contributed by atoms with Gasteiger partial charge in [0, 0.05) is 5.69 Å². The maximum atomic E-state index is 15.0. The summed E-state index contributed by atoms with van der Waals surface area (Å²) in [5.41, 5.74) is -1.55. The third kappa shape index (κ3) is 5.72. The van der Waals surface area contributed by atoms with Crippen LogP contribution in [-0.4, -0.2) is 18.9 Å². The van der Waals surface area contributed by atoms with Crippen molar-refractivity contribution in [2.45, 2.75) is 13.1 Å². The normalized spacial score (nSPS) is 11.2. The van der Waals surface area contributed by atoms with Gasteiger partial charge in [0.25, 0.3) is 11.8 Å². The summed E-state index contributed by atoms with van der Waals surface area (Å²) in [6.07, 6.45) is -5.13. The van der Waals surface area contributed by atoms with E-state index in [1.807, 2.05) is 5.48 Å². The Kier molecular flexibility index (Phi) is 7.34. The second kappa shape index (κ2) is 10.1. The van der Waals surface area contributed by atoms with Crippen molar-refractivity contribution in [3.63, 3.8) is 0 Å². The van der Waals surface area contributed by atoms with E-state index in [2.05, 4.69) is 10.2 Å². The van der Waals surface area contributed by atoms with Crippen molar-refractivity contribution in [3.8, 4) is 11.5 Å². The van der Waals surface area contributed by atoms with Gasteiger partial charge in [-0.3, -0.25) is 14.4 Å². The van der Waals surface area contributed by atoms with E-state index in [-0.39, 0.29) is 17.0 Å². The highest BCUT2D eigenvalue weighted by Crippen LogP contribution is 2.38. The molecule has 0 fully saturated rings. The van der Waals surface area contributed by atoms with E-state index in [0.29, 0.717) is 6.07 Å². The number of carbonyl (C=O) groups is 2. The molecule has 0 saturated carbocycles. The van der Waals surface area contributed by atoms with Crippen LogP contribution in [0.1, 0.15) is 31.8 Å². The SMILES string of the molecule is CONC(=O)c1cc(NC(=O)c2c(Oc3ccc(F)cc3C)ccc(C(F)(F)F)c2F)ccc1F. The maximum absolute atomic E-state index is 15.0. The van der Waals surface area contributed by atoms with Crippen LogP contribution in [0.3, 0.4) is 0 Å². The molecule has 0 aliphatic heterocycles. The number of anilines is 1. The van der Waals surface area contributed by atoms with Crippen LogP contribution in [-0.2, 0) is 11.0 Å². The molecule has 0 unspecified atom stereocenters. The minimum atomic E-state index is -5.13. The van der Waals surface area contributed by atoms with Gasteiger partial charge < -0.3 is 10.1 Å². The molecule has 184 valence electrons. The Balaban J connectivity index is 2.05. The maximum Gasteiger partial charge on any atom is 0.419 e.